The zero-order valence-electron chi connectivity index (χ0n) is 9.92. The molecule has 0 aliphatic heterocycles. The number of aromatic nitrogens is 3. The van der Waals surface area contributed by atoms with Gasteiger partial charge in [0.1, 0.15) is 11.9 Å². The molecule has 0 saturated heterocycles. The molecule has 0 atom stereocenters. The molecule has 2 heterocycles. The lowest BCUT2D eigenvalue weighted by atomic mass is 10.1. The normalized spacial score (nSPS) is 10.5. The maximum absolute atomic E-state index is 8.93. The lowest BCUT2D eigenvalue weighted by molar-refractivity contribution is 0.933. The van der Waals surface area contributed by atoms with Crippen molar-refractivity contribution in [1.29, 1.82) is 5.26 Å². The molecule has 0 saturated carbocycles. The van der Waals surface area contributed by atoms with E-state index in [1.165, 1.54) is 0 Å². The molecule has 4 nitrogen and oxygen atoms in total. The molecule has 3 aromatic rings. The van der Waals surface area contributed by atoms with E-state index in [0.29, 0.717) is 17.0 Å². The first-order valence-electron chi connectivity index (χ1n) is 5.74. The van der Waals surface area contributed by atoms with Gasteiger partial charge in [-0.3, -0.25) is 4.40 Å². The van der Waals surface area contributed by atoms with E-state index in [2.05, 4.69) is 16.3 Å². The highest BCUT2D eigenvalue weighted by Gasteiger charge is 2.07. The van der Waals surface area contributed by atoms with Crippen LogP contribution in [0.3, 0.4) is 0 Å². The number of fused-ring (bicyclic) bond motifs is 1. The van der Waals surface area contributed by atoms with Gasteiger partial charge in [0.2, 0.25) is 0 Å². The molecular formula is C14H9ClN4. The summed E-state index contributed by atoms with van der Waals surface area (Å²) in [5.41, 5.74) is 2.42. The van der Waals surface area contributed by atoms with Gasteiger partial charge in [-0.1, -0.05) is 23.7 Å². The molecule has 5 heteroatoms. The minimum atomic E-state index is 0.588. The fraction of sp³-hybridized carbons (Fsp3) is 0.0714. The Morgan fingerprint density at radius 1 is 1.11 bits per heavy atom. The Labute approximate surface area is 114 Å². The molecule has 0 bridgehead atoms. The van der Waals surface area contributed by atoms with E-state index in [4.69, 9.17) is 16.9 Å². The number of benzene rings is 1. The minimum Gasteiger partial charge on any atom is -0.285 e. The standard InChI is InChI=1S/C14H9ClN4/c15-12-4-1-10(2-5-12)7-14-18-17-13-6-3-11(8-16)9-19(13)14/h1-6,9H,7H2. The summed E-state index contributed by atoms with van der Waals surface area (Å²) in [6.07, 6.45) is 2.40. The van der Waals surface area contributed by atoms with E-state index in [0.717, 1.165) is 17.0 Å². The van der Waals surface area contributed by atoms with Gasteiger partial charge in [-0.25, -0.2) is 0 Å². The minimum absolute atomic E-state index is 0.588. The van der Waals surface area contributed by atoms with Gasteiger partial charge in [-0.15, -0.1) is 10.2 Å². The molecule has 0 aliphatic carbocycles. The van der Waals surface area contributed by atoms with E-state index < -0.39 is 0 Å². The molecule has 3 rings (SSSR count). The van der Waals surface area contributed by atoms with Crippen LogP contribution in [0.15, 0.2) is 42.6 Å². The van der Waals surface area contributed by atoms with E-state index in [9.17, 15) is 0 Å². The summed E-state index contributed by atoms with van der Waals surface area (Å²) in [5, 5.41) is 17.9. The molecule has 0 spiro atoms. The largest absolute Gasteiger partial charge is 0.285 e. The van der Waals surface area contributed by atoms with Gasteiger partial charge in [0.05, 0.1) is 5.56 Å². The van der Waals surface area contributed by atoms with Gasteiger partial charge in [-0.2, -0.15) is 5.26 Å². The maximum Gasteiger partial charge on any atom is 0.160 e. The van der Waals surface area contributed by atoms with Crippen molar-refractivity contribution in [3.8, 4) is 6.07 Å². The monoisotopic (exact) mass is 268 g/mol. The summed E-state index contributed by atoms with van der Waals surface area (Å²) in [5.74, 6) is 0.800. The predicted molar refractivity (Wildman–Crippen MR) is 72.0 cm³/mol. The Bertz CT molecular complexity index is 768. The molecule has 19 heavy (non-hydrogen) atoms. The predicted octanol–water partition coefficient (Wildman–Crippen LogP) is 2.85. The second-order valence-electron chi connectivity index (χ2n) is 4.18. The smallest absolute Gasteiger partial charge is 0.160 e. The van der Waals surface area contributed by atoms with Crippen LogP contribution in [-0.2, 0) is 6.42 Å². The molecule has 0 N–H and O–H groups in total. The molecule has 0 amide bonds. The molecule has 0 aliphatic rings. The maximum atomic E-state index is 8.93. The van der Waals surface area contributed by atoms with Crippen LogP contribution in [0.25, 0.3) is 5.65 Å². The summed E-state index contributed by atoms with van der Waals surface area (Å²) in [6, 6.07) is 13.2. The lowest BCUT2D eigenvalue weighted by Crippen LogP contribution is -1.97. The summed E-state index contributed by atoms with van der Waals surface area (Å²) in [4.78, 5) is 0. The van der Waals surface area contributed by atoms with Crippen LogP contribution in [0, 0.1) is 11.3 Å². The van der Waals surface area contributed by atoms with Gasteiger partial charge in [0.15, 0.2) is 5.65 Å². The number of nitrogens with zero attached hydrogens (tertiary/aromatic N) is 4. The van der Waals surface area contributed by atoms with Crippen molar-refractivity contribution in [3.63, 3.8) is 0 Å². The zero-order valence-corrected chi connectivity index (χ0v) is 10.7. The second-order valence-corrected chi connectivity index (χ2v) is 4.61. The molecule has 2 aromatic heterocycles. The molecule has 92 valence electrons. The Kier molecular flexibility index (Phi) is 2.90. The number of hydrogen-bond donors (Lipinski definition) is 0. The van der Waals surface area contributed by atoms with Crippen LogP contribution in [0.5, 0.6) is 0 Å². The van der Waals surface area contributed by atoms with Crippen LogP contribution < -0.4 is 0 Å². The van der Waals surface area contributed by atoms with E-state index in [1.807, 2.05) is 28.7 Å². The SMILES string of the molecule is N#Cc1ccc2nnc(Cc3ccc(Cl)cc3)n2c1. The van der Waals surface area contributed by atoms with Crippen LogP contribution in [-0.4, -0.2) is 14.6 Å². The molecular weight excluding hydrogens is 260 g/mol. The quantitative estimate of drug-likeness (QED) is 0.718. The highest BCUT2D eigenvalue weighted by atomic mass is 35.5. The number of rotatable bonds is 2. The fourth-order valence-electron chi connectivity index (χ4n) is 1.91. The van der Waals surface area contributed by atoms with Gasteiger partial charge in [0, 0.05) is 17.6 Å². The van der Waals surface area contributed by atoms with Crippen LogP contribution in [0.2, 0.25) is 5.02 Å². The third-order valence-electron chi connectivity index (χ3n) is 2.88. The van der Waals surface area contributed by atoms with Crippen molar-refractivity contribution in [2.45, 2.75) is 6.42 Å². The summed E-state index contributed by atoms with van der Waals surface area (Å²) in [7, 11) is 0. The third-order valence-corrected chi connectivity index (χ3v) is 3.13. The van der Waals surface area contributed by atoms with Crippen molar-refractivity contribution >= 4 is 17.2 Å². The van der Waals surface area contributed by atoms with E-state index >= 15 is 0 Å². The van der Waals surface area contributed by atoms with Crippen molar-refractivity contribution in [1.82, 2.24) is 14.6 Å². The Balaban J connectivity index is 2.01. The first-order valence-corrected chi connectivity index (χ1v) is 6.12. The average Bonchev–Trinajstić information content (AvgIpc) is 2.84. The van der Waals surface area contributed by atoms with Gasteiger partial charge >= 0.3 is 0 Å². The molecule has 0 fully saturated rings. The Morgan fingerprint density at radius 3 is 2.63 bits per heavy atom. The van der Waals surface area contributed by atoms with Crippen molar-refractivity contribution in [3.05, 3.63) is 64.6 Å². The average molecular weight is 269 g/mol. The number of halogens is 1. The third kappa shape index (κ3) is 2.28. The highest BCUT2D eigenvalue weighted by Crippen LogP contribution is 2.14. The topological polar surface area (TPSA) is 54.0 Å². The van der Waals surface area contributed by atoms with Crippen molar-refractivity contribution in [2.24, 2.45) is 0 Å². The summed E-state index contributed by atoms with van der Waals surface area (Å²) < 4.78 is 1.84. The van der Waals surface area contributed by atoms with Gasteiger partial charge in [0.25, 0.3) is 0 Å². The number of nitriles is 1. The van der Waals surface area contributed by atoms with Gasteiger partial charge in [-0.05, 0) is 29.8 Å². The second kappa shape index (κ2) is 4.71. The Hall–Kier alpha value is -2.38. The summed E-state index contributed by atoms with van der Waals surface area (Å²) >= 11 is 5.86. The lowest BCUT2D eigenvalue weighted by Gasteiger charge is -2.01. The first kappa shape index (κ1) is 11.7. The van der Waals surface area contributed by atoms with Crippen LogP contribution in [0.1, 0.15) is 17.0 Å². The highest BCUT2D eigenvalue weighted by molar-refractivity contribution is 6.30. The van der Waals surface area contributed by atoms with Gasteiger partial charge < -0.3 is 0 Å². The first-order chi connectivity index (χ1) is 9.26. The molecule has 0 radical (unpaired) electrons. The molecule has 1 aromatic carbocycles. The fourth-order valence-corrected chi connectivity index (χ4v) is 2.04. The number of pyridine rings is 1. The number of hydrogen-bond acceptors (Lipinski definition) is 3. The zero-order chi connectivity index (χ0) is 13.2. The van der Waals surface area contributed by atoms with Crippen molar-refractivity contribution in [2.75, 3.05) is 0 Å². The summed E-state index contributed by atoms with van der Waals surface area (Å²) in [6.45, 7) is 0. The van der Waals surface area contributed by atoms with E-state index in [-0.39, 0.29) is 0 Å². The van der Waals surface area contributed by atoms with Crippen LogP contribution >= 0.6 is 11.6 Å². The molecule has 0 unspecified atom stereocenters. The Morgan fingerprint density at radius 2 is 1.89 bits per heavy atom. The van der Waals surface area contributed by atoms with Crippen LogP contribution in [0.4, 0.5) is 0 Å². The van der Waals surface area contributed by atoms with E-state index in [1.54, 1.807) is 18.3 Å². The van der Waals surface area contributed by atoms with Crippen molar-refractivity contribution < 1.29 is 0 Å².